The molecule has 0 amide bonds. The molecule has 1 aliphatic carbocycles. The molecule has 1 fully saturated rings. The van der Waals surface area contributed by atoms with Gasteiger partial charge >= 0.3 is 0 Å². The third kappa shape index (κ3) is 4.09. The standard InChI is InChI=1S/C24H25N7O/c1-16-6-4-7-17(12-16)19-13-20(28-23(25)27-19)21-15-31(30-29-21)14-18-8-5-9-22(26-18)24(32)10-2-3-11-24/h4-9,12-13,15,32H,2-3,10-11,14H2,1H3,(H2,25,27,28). The number of hydrogen-bond acceptors (Lipinski definition) is 7. The van der Waals surface area contributed by atoms with Crippen molar-refractivity contribution in [2.45, 2.75) is 44.8 Å². The average Bonchev–Trinajstić information content (AvgIpc) is 3.44. The average molecular weight is 428 g/mol. The maximum Gasteiger partial charge on any atom is 0.221 e. The van der Waals surface area contributed by atoms with Gasteiger partial charge in [-0.3, -0.25) is 4.98 Å². The van der Waals surface area contributed by atoms with E-state index in [0.29, 0.717) is 17.9 Å². The monoisotopic (exact) mass is 427 g/mol. The first-order valence-electron chi connectivity index (χ1n) is 10.8. The number of anilines is 1. The Labute approximate surface area is 186 Å². The van der Waals surface area contributed by atoms with Gasteiger partial charge in [0.2, 0.25) is 5.95 Å². The van der Waals surface area contributed by atoms with E-state index in [1.165, 1.54) is 0 Å². The summed E-state index contributed by atoms with van der Waals surface area (Å²) < 4.78 is 1.71. The summed E-state index contributed by atoms with van der Waals surface area (Å²) in [7, 11) is 0. The Morgan fingerprint density at radius 3 is 2.56 bits per heavy atom. The van der Waals surface area contributed by atoms with Crippen molar-refractivity contribution in [2.75, 3.05) is 5.73 Å². The van der Waals surface area contributed by atoms with Gasteiger partial charge in [0.05, 0.1) is 35.5 Å². The largest absolute Gasteiger partial charge is 0.384 e. The maximum absolute atomic E-state index is 10.8. The zero-order valence-electron chi connectivity index (χ0n) is 17.9. The van der Waals surface area contributed by atoms with Gasteiger partial charge in [0.1, 0.15) is 11.3 Å². The van der Waals surface area contributed by atoms with E-state index in [2.05, 4.69) is 26.3 Å². The number of hydrogen-bond donors (Lipinski definition) is 2. The van der Waals surface area contributed by atoms with Crippen LogP contribution in [-0.2, 0) is 12.1 Å². The third-order valence-electron chi connectivity index (χ3n) is 5.90. The number of nitrogen functional groups attached to an aromatic ring is 1. The predicted molar refractivity (Wildman–Crippen MR) is 121 cm³/mol. The number of rotatable bonds is 5. The zero-order valence-corrected chi connectivity index (χ0v) is 17.9. The van der Waals surface area contributed by atoms with Crippen LogP contribution >= 0.6 is 0 Å². The smallest absolute Gasteiger partial charge is 0.221 e. The van der Waals surface area contributed by atoms with Gasteiger partial charge in [0, 0.05) is 5.56 Å². The van der Waals surface area contributed by atoms with Gasteiger partial charge in [-0.1, -0.05) is 47.9 Å². The van der Waals surface area contributed by atoms with Gasteiger partial charge in [-0.05, 0) is 44.0 Å². The number of nitrogens with zero attached hydrogens (tertiary/aromatic N) is 6. The Morgan fingerprint density at radius 1 is 0.969 bits per heavy atom. The Balaban J connectivity index is 1.40. The Kier molecular flexibility index (Phi) is 5.14. The number of benzene rings is 1. The molecule has 3 N–H and O–H groups in total. The van der Waals surface area contributed by atoms with Crippen molar-refractivity contribution in [3.63, 3.8) is 0 Å². The van der Waals surface area contributed by atoms with Crippen LogP contribution in [0.2, 0.25) is 0 Å². The fourth-order valence-corrected chi connectivity index (χ4v) is 4.25. The molecule has 0 aliphatic heterocycles. The summed E-state index contributed by atoms with van der Waals surface area (Å²) >= 11 is 0. The van der Waals surface area contributed by atoms with Crippen molar-refractivity contribution >= 4 is 5.95 Å². The van der Waals surface area contributed by atoms with E-state index >= 15 is 0 Å². The molecule has 0 spiro atoms. The van der Waals surface area contributed by atoms with Crippen LogP contribution in [0.25, 0.3) is 22.6 Å². The minimum Gasteiger partial charge on any atom is -0.384 e. The second-order valence-electron chi connectivity index (χ2n) is 8.42. The molecule has 0 saturated heterocycles. The van der Waals surface area contributed by atoms with Crippen LogP contribution in [0.15, 0.2) is 54.7 Å². The molecular weight excluding hydrogens is 402 g/mol. The van der Waals surface area contributed by atoms with Crippen molar-refractivity contribution in [3.05, 3.63) is 71.7 Å². The normalized spacial score (nSPS) is 15.2. The molecule has 32 heavy (non-hydrogen) atoms. The molecule has 0 bridgehead atoms. The summed E-state index contributed by atoms with van der Waals surface area (Å²) in [6.45, 7) is 2.48. The van der Waals surface area contributed by atoms with E-state index in [1.54, 1.807) is 4.68 Å². The molecule has 1 aromatic carbocycles. The molecule has 0 atom stereocenters. The molecule has 0 radical (unpaired) electrons. The summed E-state index contributed by atoms with van der Waals surface area (Å²) in [6, 6.07) is 15.7. The minimum absolute atomic E-state index is 0.188. The van der Waals surface area contributed by atoms with Crippen molar-refractivity contribution in [3.8, 4) is 22.6 Å². The second kappa shape index (κ2) is 8.12. The Hall–Kier alpha value is -3.65. The Morgan fingerprint density at radius 2 is 1.75 bits per heavy atom. The highest BCUT2D eigenvalue weighted by atomic mass is 16.3. The Bertz CT molecular complexity index is 1260. The first-order valence-corrected chi connectivity index (χ1v) is 10.8. The lowest BCUT2D eigenvalue weighted by Crippen LogP contribution is -2.23. The lowest BCUT2D eigenvalue weighted by atomic mass is 9.97. The molecule has 162 valence electrons. The van der Waals surface area contributed by atoms with E-state index in [1.807, 2.05) is 55.6 Å². The van der Waals surface area contributed by atoms with Gasteiger partial charge in [0.15, 0.2) is 0 Å². The van der Waals surface area contributed by atoms with Gasteiger partial charge in [-0.25, -0.2) is 14.6 Å². The summed E-state index contributed by atoms with van der Waals surface area (Å²) in [5.74, 6) is 0.188. The first kappa shape index (κ1) is 20.3. The molecule has 3 aromatic heterocycles. The highest BCUT2D eigenvalue weighted by Crippen LogP contribution is 2.37. The van der Waals surface area contributed by atoms with E-state index in [9.17, 15) is 5.11 Å². The van der Waals surface area contributed by atoms with Crippen LogP contribution in [0.3, 0.4) is 0 Å². The second-order valence-corrected chi connectivity index (χ2v) is 8.42. The van der Waals surface area contributed by atoms with Gasteiger partial charge in [0.25, 0.3) is 0 Å². The van der Waals surface area contributed by atoms with Crippen LogP contribution in [0, 0.1) is 6.92 Å². The summed E-state index contributed by atoms with van der Waals surface area (Å²) in [5.41, 5.74) is 10.8. The van der Waals surface area contributed by atoms with Crippen molar-refractivity contribution in [2.24, 2.45) is 0 Å². The number of pyridine rings is 1. The van der Waals surface area contributed by atoms with Crippen LogP contribution in [0.1, 0.15) is 42.6 Å². The van der Waals surface area contributed by atoms with Crippen LogP contribution in [-0.4, -0.2) is 35.1 Å². The SMILES string of the molecule is Cc1cccc(-c2cc(-c3cn(Cc4cccc(C5(O)CCCC5)n4)nn3)nc(N)n2)c1. The number of aromatic nitrogens is 6. The van der Waals surface area contributed by atoms with Crippen LogP contribution in [0.5, 0.6) is 0 Å². The zero-order chi connectivity index (χ0) is 22.1. The van der Waals surface area contributed by atoms with E-state index in [0.717, 1.165) is 53.9 Å². The topological polar surface area (TPSA) is 116 Å². The maximum atomic E-state index is 10.8. The highest BCUT2D eigenvalue weighted by Gasteiger charge is 2.34. The fourth-order valence-electron chi connectivity index (χ4n) is 4.25. The summed E-state index contributed by atoms with van der Waals surface area (Å²) in [4.78, 5) is 13.4. The van der Waals surface area contributed by atoms with Crippen LogP contribution < -0.4 is 5.73 Å². The third-order valence-corrected chi connectivity index (χ3v) is 5.90. The van der Waals surface area contributed by atoms with E-state index in [4.69, 9.17) is 10.7 Å². The summed E-state index contributed by atoms with van der Waals surface area (Å²) in [6.07, 6.45) is 5.40. The molecule has 1 aliphatic rings. The van der Waals surface area contributed by atoms with Gasteiger partial charge in [-0.2, -0.15) is 0 Å². The van der Waals surface area contributed by atoms with E-state index in [-0.39, 0.29) is 5.95 Å². The molecule has 8 heteroatoms. The summed E-state index contributed by atoms with van der Waals surface area (Å²) in [5, 5.41) is 19.4. The first-order chi connectivity index (χ1) is 15.5. The molecule has 8 nitrogen and oxygen atoms in total. The molecule has 0 unspecified atom stereocenters. The fraction of sp³-hybridized carbons (Fsp3) is 0.292. The lowest BCUT2D eigenvalue weighted by Gasteiger charge is -2.21. The minimum atomic E-state index is -0.811. The number of aliphatic hydroxyl groups is 1. The van der Waals surface area contributed by atoms with Crippen molar-refractivity contribution in [1.82, 2.24) is 29.9 Å². The molecule has 4 aromatic rings. The van der Waals surface area contributed by atoms with E-state index < -0.39 is 5.60 Å². The lowest BCUT2D eigenvalue weighted by molar-refractivity contribution is 0.0397. The van der Waals surface area contributed by atoms with Crippen molar-refractivity contribution in [1.29, 1.82) is 0 Å². The quantitative estimate of drug-likeness (QED) is 0.501. The molecule has 5 rings (SSSR count). The van der Waals surface area contributed by atoms with Gasteiger partial charge in [-0.15, -0.1) is 5.10 Å². The molecule has 3 heterocycles. The highest BCUT2D eigenvalue weighted by molar-refractivity contribution is 5.67. The van der Waals surface area contributed by atoms with Crippen molar-refractivity contribution < 1.29 is 5.11 Å². The predicted octanol–water partition coefficient (Wildman–Crippen LogP) is 3.50. The number of nitrogens with two attached hydrogens (primary N) is 1. The van der Waals surface area contributed by atoms with Crippen LogP contribution in [0.4, 0.5) is 5.95 Å². The molecular formula is C24H25N7O. The molecule has 1 saturated carbocycles. The number of aryl methyl sites for hydroxylation is 1. The van der Waals surface area contributed by atoms with Gasteiger partial charge < -0.3 is 10.8 Å².